The Bertz CT molecular complexity index is 1460. The van der Waals surface area contributed by atoms with Crippen molar-refractivity contribution in [1.82, 2.24) is 14.5 Å². The second kappa shape index (κ2) is 10.4. The van der Waals surface area contributed by atoms with Crippen molar-refractivity contribution in [2.75, 3.05) is 0 Å². The largest absolute Gasteiger partial charge is 0.437 e. The summed E-state index contributed by atoms with van der Waals surface area (Å²) >= 11 is 0. The molecule has 7 nitrogen and oxygen atoms in total. The van der Waals surface area contributed by atoms with Crippen molar-refractivity contribution in [1.29, 1.82) is 0 Å². The van der Waals surface area contributed by atoms with Crippen LogP contribution in [0, 0.1) is 0 Å². The van der Waals surface area contributed by atoms with Gasteiger partial charge in [0.2, 0.25) is 15.9 Å². The summed E-state index contributed by atoms with van der Waals surface area (Å²) in [7, 11) is -3.70. The lowest BCUT2D eigenvalue weighted by molar-refractivity contribution is 0.463. The van der Waals surface area contributed by atoms with E-state index in [9.17, 15) is 8.42 Å². The second-order valence-corrected chi connectivity index (χ2v) is 10.9. The number of fused-ring (bicyclic) bond motifs is 3. The van der Waals surface area contributed by atoms with Crippen LogP contribution in [0.15, 0.2) is 59.5 Å². The maximum absolute atomic E-state index is 11.6. The summed E-state index contributed by atoms with van der Waals surface area (Å²) in [6.45, 7) is 2.93. The van der Waals surface area contributed by atoms with E-state index >= 15 is 0 Å². The average Bonchev–Trinajstić information content (AvgIpc) is 3.25. The normalized spacial score (nSPS) is 13.6. The zero-order valence-electron chi connectivity index (χ0n) is 20.6. The predicted molar refractivity (Wildman–Crippen MR) is 141 cm³/mol. The molecule has 1 aliphatic carbocycles. The average molecular weight is 505 g/mol. The number of hydrogen-bond acceptors (Lipinski definition) is 5. The minimum atomic E-state index is -3.70. The van der Waals surface area contributed by atoms with Gasteiger partial charge in [-0.15, -0.1) is 0 Å². The standard InChI is InChI=1S/C28H32N4O3S/c1-2-3-13-25-31-26-27(32(25)19-18-20-14-16-22(17-15-20)36(29,33)34)23-11-7-8-12-24(23)30-28(26)35-21-9-5-4-6-10-21/h4-6,9-10,14-17H,2-3,7-8,11-13,18-19H2,1H3,(H2,29,33,34). The lowest BCUT2D eigenvalue weighted by Gasteiger charge is -2.19. The molecule has 0 amide bonds. The van der Waals surface area contributed by atoms with E-state index in [0.29, 0.717) is 5.88 Å². The Hall–Kier alpha value is -3.23. The highest BCUT2D eigenvalue weighted by molar-refractivity contribution is 7.89. The van der Waals surface area contributed by atoms with Crippen LogP contribution in [0.5, 0.6) is 11.6 Å². The molecule has 2 aromatic heterocycles. The highest BCUT2D eigenvalue weighted by Crippen LogP contribution is 2.36. The number of nitrogens with two attached hydrogens (primary N) is 1. The van der Waals surface area contributed by atoms with Crippen LogP contribution in [0.1, 0.15) is 55.3 Å². The van der Waals surface area contributed by atoms with Crippen molar-refractivity contribution in [3.63, 3.8) is 0 Å². The van der Waals surface area contributed by atoms with E-state index in [4.69, 9.17) is 19.8 Å². The van der Waals surface area contributed by atoms with Crippen LogP contribution in [0.25, 0.3) is 11.0 Å². The first kappa shape index (κ1) is 24.5. The van der Waals surface area contributed by atoms with Crippen molar-refractivity contribution in [3.05, 3.63) is 77.2 Å². The lowest BCUT2D eigenvalue weighted by atomic mass is 9.95. The molecule has 36 heavy (non-hydrogen) atoms. The molecule has 2 aromatic carbocycles. The Morgan fingerprint density at radius 2 is 1.72 bits per heavy atom. The van der Waals surface area contributed by atoms with Gasteiger partial charge in [0.25, 0.3) is 0 Å². The van der Waals surface area contributed by atoms with E-state index in [-0.39, 0.29) is 4.90 Å². The number of hydrogen-bond donors (Lipinski definition) is 1. The van der Waals surface area contributed by atoms with Gasteiger partial charge < -0.3 is 9.30 Å². The first-order chi connectivity index (χ1) is 17.4. The quantitative estimate of drug-likeness (QED) is 0.332. The number of nitrogens with zero attached hydrogens (tertiary/aromatic N) is 3. The molecule has 0 saturated heterocycles. The van der Waals surface area contributed by atoms with E-state index in [1.165, 1.54) is 5.56 Å². The molecule has 2 heterocycles. The van der Waals surface area contributed by atoms with Crippen LogP contribution in [-0.2, 0) is 42.3 Å². The number of benzene rings is 2. The molecule has 0 unspecified atom stereocenters. The van der Waals surface area contributed by atoms with Crippen LogP contribution in [0.3, 0.4) is 0 Å². The van der Waals surface area contributed by atoms with Gasteiger partial charge in [0.1, 0.15) is 11.6 Å². The molecule has 5 rings (SSSR count). The Labute approximate surface area is 212 Å². The van der Waals surface area contributed by atoms with E-state index < -0.39 is 10.0 Å². The van der Waals surface area contributed by atoms with Crippen LogP contribution in [-0.4, -0.2) is 23.0 Å². The molecule has 0 atom stereocenters. The number of sulfonamides is 1. The molecule has 1 aliphatic rings. The fourth-order valence-electron chi connectivity index (χ4n) is 4.92. The van der Waals surface area contributed by atoms with E-state index in [1.807, 2.05) is 42.5 Å². The lowest BCUT2D eigenvalue weighted by Crippen LogP contribution is -2.13. The minimum absolute atomic E-state index is 0.130. The molecule has 0 radical (unpaired) electrons. The highest BCUT2D eigenvalue weighted by Gasteiger charge is 2.24. The number of para-hydroxylation sites is 1. The third-order valence-electron chi connectivity index (χ3n) is 6.80. The van der Waals surface area contributed by atoms with E-state index in [1.54, 1.807) is 12.1 Å². The van der Waals surface area contributed by atoms with Crippen molar-refractivity contribution in [3.8, 4) is 11.6 Å². The molecule has 2 N–H and O–H groups in total. The van der Waals surface area contributed by atoms with Crippen LogP contribution in [0.2, 0.25) is 0 Å². The Kier molecular flexibility index (Phi) is 7.07. The third-order valence-corrected chi connectivity index (χ3v) is 7.73. The van der Waals surface area contributed by atoms with Crippen molar-refractivity contribution < 1.29 is 13.2 Å². The summed E-state index contributed by atoms with van der Waals surface area (Å²) in [5.41, 5.74) is 5.42. The van der Waals surface area contributed by atoms with Gasteiger partial charge in [-0.1, -0.05) is 43.7 Å². The van der Waals surface area contributed by atoms with E-state index in [2.05, 4.69) is 11.5 Å². The summed E-state index contributed by atoms with van der Waals surface area (Å²) in [5.74, 6) is 2.37. The van der Waals surface area contributed by atoms with Crippen LogP contribution in [0.4, 0.5) is 0 Å². The van der Waals surface area contributed by atoms with Crippen LogP contribution < -0.4 is 9.88 Å². The molecular formula is C28H32N4O3S. The van der Waals surface area contributed by atoms with Crippen molar-refractivity contribution >= 4 is 21.1 Å². The summed E-state index contributed by atoms with van der Waals surface area (Å²) in [6, 6.07) is 16.6. The van der Waals surface area contributed by atoms with Gasteiger partial charge in [0, 0.05) is 18.7 Å². The monoisotopic (exact) mass is 504 g/mol. The number of imidazole rings is 1. The zero-order valence-corrected chi connectivity index (χ0v) is 21.4. The predicted octanol–water partition coefficient (Wildman–Crippen LogP) is 5.34. The smallest absolute Gasteiger partial charge is 0.247 e. The van der Waals surface area contributed by atoms with Gasteiger partial charge in [-0.25, -0.2) is 23.5 Å². The molecule has 0 aliphatic heterocycles. The number of aromatic nitrogens is 3. The number of pyridine rings is 1. The second-order valence-electron chi connectivity index (χ2n) is 9.38. The van der Waals surface area contributed by atoms with Crippen molar-refractivity contribution in [2.45, 2.75) is 69.7 Å². The maximum atomic E-state index is 11.6. The number of aryl methyl sites for hydroxylation is 5. The molecule has 0 spiro atoms. The van der Waals surface area contributed by atoms with Crippen LogP contribution >= 0.6 is 0 Å². The molecule has 4 aromatic rings. The SMILES string of the molecule is CCCCc1nc2c(Oc3ccccc3)nc3c(c2n1CCc1ccc(S(N)(=O)=O)cc1)CCCC3. The number of ether oxygens (including phenoxy) is 1. The minimum Gasteiger partial charge on any atom is -0.437 e. The first-order valence-corrected chi connectivity index (χ1v) is 14.2. The topological polar surface area (TPSA) is 100 Å². The van der Waals surface area contributed by atoms with Gasteiger partial charge >= 0.3 is 0 Å². The molecule has 8 heteroatoms. The number of unbranched alkanes of at least 4 members (excludes halogenated alkanes) is 1. The molecule has 188 valence electrons. The molecule has 0 saturated carbocycles. The Morgan fingerprint density at radius 1 is 0.972 bits per heavy atom. The van der Waals surface area contributed by atoms with Gasteiger partial charge in [-0.05, 0) is 73.9 Å². The van der Waals surface area contributed by atoms with Gasteiger partial charge in [-0.2, -0.15) is 0 Å². The summed E-state index contributed by atoms with van der Waals surface area (Å²) in [6.07, 6.45) is 7.99. The Morgan fingerprint density at radius 3 is 2.44 bits per heavy atom. The number of primary sulfonamides is 1. The summed E-state index contributed by atoms with van der Waals surface area (Å²) in [5, 5.41) is 5.26. The fourth-order valence-corrected chi connectivity index (χ4v) is 5.44. The van der Waals surface area contributed by atoms with E-state index in [0.717, 1.165) is 91.8 Å². The fraction of sp³-hybridized carbons (Fsp3) is 0.357. The highest BCUT2D eigenvalue weighted by atomic mass is 32.2. The summed E-state index contributed by atoms with van der Waals surface area (Å²) in [4.78, 5) is 10.2. The molecule has 0 bridgehead atoms. The third kappa shape index (κ3) is 5.15. The van der Waals surface area contributed by atoms with Gasteiger partial charge in [-0.3, -0.25) is 0 Å². The van der Waals surface area contributed by atoms with Gasteiger partial charge in [0.15, 0.2) is 5.52 Å². The maximum Gasteiger partial charge on any atom is 0.247 e. The first-order valence-electron chi connectivity index (χ1n) is 12.7. The molecular weight excluding hydrogens is 472 g/mol. The van der Waals surface area contributed by atoms with Gasteiger partial charge in [0.05, 0.1) is 10.4 Å². The Balaban J connectivity index is 1.57. The molecule has 0 fully saturated rings. The summed E-state index contributed by atoms with van der Waals surface area (Å²) < 4.78 is 31.9. The van der Waals surface area contributed by atoms with Crippen molar-refractivity contribution in [2.24, 2.45) is 5.14 Å². The zero-order chi connectivity index (χ0) is 25.1. The number of rotatable bonds is 9.